The van der Waals surface area contributed by atoms with Crippen molar-refractivity contribution in [3.8, 4) is 5.75 Å². The van der Waals surface area contributed by atoms with E-state index in [2.05, 4.69) is 11.0 Å². The Balaban J connectivity index is 1.75. The molecule has 0 atom stereocenters. The highest BCUT2D eigenvalue weighted by atomic mass is 32.2. The van der Waals surface area contributed by atoms with Crippen molar-refractivity contribution in [2.75, 3.05) is 38.4 Å². The van der Waals surface area contributed by atoms with Crippen molar-refractivity contribution < 1.29 is 13.2 Å². The molecule has 24 heavy (non-hydrogen) atoms. The lowest BCUT2D eigenvalue weighted by Crippen LogP contribution is -2.45. The molecule has 0 unspecified atom stereocenters. The maximum Gasteiger partial charge on any atom is 0.211 e. The Labute approximate surface area is 143 Å². The van der Waals surface area contributed by atoms with E-state index in [1.807, 2.05) is 24.3 Å². The second-order valence-corrected chi connectivity index (χ2v) is 8.27. The van der Waals surface area contributed by atoms with E-state index in [0.29, 0.717) is 0 Å². The molecule has 1 aromatic heterocycles. The summed E-state index contributed by atoms with van der Waals surface area (Å²) in [4.78, 5) is 6.95. The summed E-state index contributed by atoms with van der Waals surface area (Å²) < 4.78 is 30.1. The highest BCUT2D eigenvalue weighted by Gasteiger charge is 2.27. The monoisotopic (exact) mass is 349 g/mol. The number of benzene rings is 1. The molecule has 0 amide bonds. The zero-order valence-electron chi connectivity index (χ0n) is 14.3. The highest BCUT2D eigenvalue weighted by molar-refractivity contribution is 7.88. The van der Waals surface area contributed by atoms with E-state index in [1.165, 1.54) is 10.6 Å². The summed E-state index contributed by atoms with van der Waals surface area (Å²) in [6, 6.07) is 10.0. The quantitative estimate of drug-likeness (QED) is 0.846. The number of piperidine rings is 1. The van der Waals surface area contributed by atoms with Crippen LogP contribution in [0.1, 0.15) is 12.8 Å². The maximum absolute atomic E-state index is 11.7. The molecule has 0 bridgehead atoms. The molecule has 6 nitrogen and oxygen atoms in total. The summed E-state index contributed by atoms with van der Waals surface area (Å²) >= 11 is 0. The summed E-state index contributed by atoms with van der Waals surface area (Å²) in [7, 11) is 0.174. The Kier molecular flexibility index (Phi) is 4.64. The number of nitrogens with zero attached hydrogens (tertiary/aromatic N) is 3. The third-order valence-electron chi connectivity index (χ3n) is 4.71. The van der Waals surface area contributed by atoms with Crippen LogP contribution in [-0.2, 0) is 10.0 Å². The molecule has 0 radical (unpaired) electrons. The second kappa shape index (κ2) is 6.57. The molecule has 1 saturated heterocycles. The van der Waals surface area contributed by atoms with Crippen LogP contribution in [0.25, 0.3) is 10.9 Å². The number of rotatable bonds is 4. The van der Waals surface area contributed by atoms with E-state index in [1.54, 1.807) is 14.2 Å². The number of aromatic nitrogens is 1. The van der Waals surface area contributed by atoms with Crippen molar-refractivity contribution in [3.63, 3.8) is 0 Å². The summed E-state index contributed by atoms with van der Waals surface area (Å²) in [5.74, 6) is 1.72. The first kappa shape index (κ1) is 17.0. The molecule has 7 heteroatoms. The molecule has 1 aromatic carbocycles. The average molecular weight is 349 g/mol. The molecule has 1 fully saturated rings. The van der Waals surface area contributed by atoms with Crippen LogP contribution in [0.5, 0.6) is 5.75 Å². The van der Waals surface area contributed by atoms with Crippen LogP contribution in [0.2, 0.25) is 0 Å². The maximum atomic E-state index is 11.7. The molecule has 2 heterocycles. The molecule has 1 aliphatic heterocycles. The Hall–Kier alpha value is -1.86. The fraction of sp³-hybridized carbons (Fsp3) is 0.471. The van der Waals surface area contributed by atoms with Gasteiger partial charge in [0.2, 0.25) is 10.0 Å². The number of methoxy groups -OCH3 is 1. The fourth-order valence-corrected chi connectivity index (χ4v) is 3.87. The van der Waals surface area contributed by atoms with E-state index in [9.17, 15) is 8.42 Å². The first-order valence-corrected chi connectivity index (χ1v) is 9.86. The fourth-order valence-electron chi connectivity index (χ4n) is 3.12. The van der Waals surface area contributed by atoms with Crippen LogP contribution in [0.15, 0.2) is 30.3 Å². The van der Waals surface area contributed by atoms with E-state index in [0.717, 1.165) is 48.4 Å². The first-order valence-electron chi connectivity index (χ1n) is 8.01. The minimum Gasteiger partial charge on any atom is -0.497 e. The molecular formula is C17H23N3O3S. The second-order valence-electron chi connectivity index (χ2n) is 6.23. The van der Waals surface area contributed by atoms with Crippen molar-refractivity contribution in [1.82, 2.24) is 9.29 Å². The van der Waals surface area contributed by atoms with Crippen molar-refractivity contribution in [2.45, 2.75) is 18.9 Å². The van der Waals surface area contributed by atoms with Gasteiger partial charge in [0, 0.05) is 37.6 Å². The van der Waals surface area contributed by atoms with Crippen molar-refractivity contribution in [2.24, 2.45) is 0 Å². The minimum atomic E-state index is -3.14. The van der Waals surface area contributed by atoms with E-state index in [4.69, 9.17) is 9.72 Å². The van der Waals surface area contributed by atoms with Crippen molar-refractivity contribution in [1.29, 1.82) is 0 Å². The normalized spacial score (nSPS) is 16.8. The number of fused-ring (bicyclic) bond motifs is 1. The molecule has 0 spiro atoms. The molecule has 0 N–H and O–H groups in total. The van der Waals surface area contributed by atoms with Gasteiger partial charge < -0.3 is 9.64 Å². The smallest absolute Gasteiger partial charge is 0.211 e. The molecule has 1 aliphatic rings. The van der Waals surface area contributed by atoms with Gasteiger partial charge in [-0.25, -0.2) is 17.7 Å². The number of ether oxygens (including phenoxy) is 1. The van der Waals surface area contributed by atoms with Gasteiger partial charge in [0.05, 0.1) is 18.9 Å². The van der Waals surface area contributed by atoms with Crippen LogP contribution in [0.4, 0.5) is 5.82 Å². The first-order chi connectivity index (χ1) is 11.4. The standard InChI is InChI=1S/C17H23N3O3S/c1-19(24(3,21)22)14-8-10-20(11-9-14)17-7-5-13-4-6-15(23-2)12-16(13)18-17/h4-7,12,14H,8-11H2,1-3H3. The van der Waals surface area contributed by atoms with Crippen LogP contribution in [0.3, 0.4) is 0 Å². The van der Waals surface area contributed by atoms with Crippen molar-refractivity contribution in [3.05, 3.63) is 30.3 Å². The van der Waals surface area contributed by atoms with E-state index >= 15 is 0 Å². The largest absolute Gasteiger partial charge is 0.497 e. The van der Waals surface area contributed by atoms with Crippen molar-refractivity contribution >= 4 is 26.7 Å². The number of hydrogen-bond acceptors (Lipinski definition) is 5. The topological polar surface area (TPSA) is 62.7 Å². The lowest BCUT2D eigenvalue weighted by molar-refractivity contribution is 0.313. The molecular weight excluding hydrogens is 326 g/mol. The summed E-state index contributed by atoms with van der Waals surface area (Å²) in [6.07, 6.45) is 2.88. The highest BCUT2D eigenvalue weighted by Crippen LogP contribution is 2.25. The predicted molar refractivity (Wildman–Crippen MR) is 96.1 cm³/mol. The van der Waals surface area contributed by atoms with Gasteiger partial charge >= 0.3 is 0 Å². The summed E-state index contributed by atoms with van der Waals surface area (Å²) in [5, 5.41) is 1.08. The van der Waals surface area contributed by atoms with Crippen LogP contribution in [0, 0.1) is 0 Å². The van der Waals surface area contributed by atoms with Crippen LogP contribution in [-0.4, -0.2) is 57.3 Å². The minimum absolute atomic E-state index is 0.0665. The summed E-state index contributed by atoms with van der Waals surface area (Å²) in [5.41, 5.74) is 0.905. The zero-order valence-corrected chi connectivity index (χ0v) is 15.1. The van der Waals surface area contributed by atoms with Gasteiger partial charge in [0.1, 0.15) is 11.6 Å². The third kappa shape index (κ3) is 3.47. The molecule has 2 aromatic rings. The average Bonchev–Trinajstić information content (AvgIpc) is 2.59. The predicted octanol–water partition coefficient (Wildman–Crippen LogP) is 2.10. The Morgan fingerprint density at radius 2 is 1.88 bits per heavy atom. The molecule has 130 valence electrons. The number of sulfonamides is 1. The Morgan fingerprint density at radius 1 is 1.21 bits per heavy atom. The summed E-state index contributed by atoms with van der Waals surface area (Å²) in [6.45, 7) is 1.60. The third-order valence-corrected chi connectivity index (χ3v) is 6.05. The van der Waals surface area contributed by atoms with Gasteiger partial charge in [0.15, 0.2) is 0 Å². The zero-order chi connectivity index (χ0) is 17.3. The van der Waals surface area contributed by atoms with Gasteiger partial charge in [-0.1, -0.05) is 0 Å². The van der Waals surface area contributed by atoms with Gasteiger partial charge in [0.25, 0.3) is 0 Å². The van der Waals surface area contributed by atoms with E-state index in [-0.39, 0.29) is 6.04 Å². The number of pyridine rings is 1. The number of hydrogen-bond donors (Lipinski definition) is 0. The van der Waals surface area contributed by atoms with E-state index < -0.39 is 10.0 Å². The SMILES string of the molecule is COc1ccc2ccc(N3CCC(N(C)S(C)(=O)=O)CC3)nc2c1. The Bertz CT molecular complexity index is 830. The van der Waals surface area contributed by atoms with Crippen LogP contribution >= 0.6 is 0 Å². The van der Waals surface area contributed by atoms with Gasteiger partial charge in [-0.2, -0.15) is 0 Å². The van der Waals surface area contributed by atoms with Gasteiger partial charge in [-0.3, -0.25) is 0 Å². The van der Waals surface area contributed by atoms with Gasteiger partial charge in [-0.05, 0) is 37.1 Å². The Morgan fingerprint density at radius 3 is 2.50 bits per heavy atom. The molecule has 0 saturated carbocycles. The molecule has 3 rings (SSSR count). The number of anilines is 1. The van der Waals surface area contributed by atoms with Crippen LogP contribution < -0.4 is 9.64 Å². The lowest BCUT2D eigenvalue weighted by Gasteiger charge is -2.36. The van der Waals surface area contributed by atoms with Gasteiger partial charge in [-0.15, -0.1) is 0 Å². The molecule has 0 aliphatic carbocycles. The lowest BCUT2D eigenvalue weighted by atomic mass is 10.1.